The van der Waals surface area contributed by atoms with Crippen LogP contribution in [-0.4, -0.2) is 30.6 Å². The van der Waals surface area contributed by atoms with E-state index in [-0.39, 0.29) is 5.60 Å². The molecular weight excluding hydrogens is 212 g/mol. The summed E-state index contributed by atoms with van der Waals surface area (Å²) < 4.78 is 6.19. The van der Waals surface area contributed by atoms with E-state index < -0.39 is 0 Å². The van der Waals surface area contributed by atoms with Crippen LogP contribution in [0.25, 0.3) is 0 Å². The number of nitrogen functional groups attached to an aromatic ring is 1. The average molecular weight is 234 g/mol. The summed E-state index contributed by atoms with van der Waals surface area (Å²) in [5, 5.41) is 0. The van der Waals surface area contributed by atoms with Gasteiger partial charge in [0, 0.05) is 18.8 Å². The lowest BCUT2D eigenvalue weighted by atomic mass is 9.93. The van der Waals surface area contributed by atoms with Crippen LogP contribution in [0.4, 0.5) is 5.69 Å². The molecule has 0 amide bonds. The van der Waals surface area contributed by atoms with Crippen molar-refractivity contribution in [1.82, 2.24) is 4.90 Å². The second-order valence-corrected chi connectivity index (χ2v) is 5.38. The lowest BCUT2D eigenvalue weighted by Crippen LogP contribution is -2.44. The molecule has 2 N–H and O–H groups in total. The molecule has 0 bridgehead atoms. The van der Waals surface area contributed by atoms with Gasteiger partial charge in [0.05, 0.1) is 0 Å². The van der Waals surface area contributed by atoms with Gasteiger partial charge in [0.2, 0.25) is 0 Å². The zero-order chi connectivity index (χ0) is 12.5. The predicted molar refractivity (Wildman–Crippen MR) is 71.4 cm³/mol. The number of anilines is 1. The molecule has 1 saturated heterocycles. The van der Waals surface area contributed by atoms with Crippen molar-refractivity contribution in [2.45, 2.75) is 32.3 Å². The molecule has 3 nitrogen and oxygen atoms in total. The molecule has 1 aliphatic rings. The number of ether oxygens (including phenoxy) is 1. The van der Waals surface area contributed by atoms with Gasteiger partial charge in [-0.15, -0.1) is 0 Å². The fourth-order valence-electron chi connectivity index (χ4n) is 2.25. The van der Waals surface area contributed by atoms with Crippen molar-refractivity contribution in [3.8, 4) is 5.75 Å². The summed E-state index contributed by atoms with van der Waals surface area (Å²) in [7, 11) is 2.16. The van der Waals surface area contributed by atoms with Gasteiger partial charge in [0.25, 0.3) is 0 Å². The van der Waals surface area contributed by atoms with Gasteiger partial charge in [0.1, 0.15) is 11.4 Å². The first-order valence-electron chi connectivity index (χ1n) is 6.22. The third-order valence-corrected chi connectivity index (χ3v) is 3.60. The normalized spacial score (nSPS) is 20.2. The average Bonchev–Trinajstić information content (AvgIpc) is 2.27. The lowest BCUT2D eigenvalue weighted by molar-refractivity contribution is 0.0235. The largest absolute Gasteiger partial charge is 0.487 e. The summed E-state index contributed by atoms with van der Waals surface area (Å²) in [5.74, 6) is 0.964. The molecule has 94 valence electrons. The second-order valence-electron chi connectivity index (χ2n) is 5.38. The van der Waals surface area contributed by atoms with Gasteiger partial charge < -0.3 is 15.4 Å². The Morgan fingerprint density at radius 3 is 2.53 bits per heavy atom. The van der Waals surface area contributed by atoms with Crippen molar-refractivity contribution in [2.75, 3.05) is 25.9 Å². The van der Waals surface area contributed by atoms with E-state index in [4.69, 9.17) is 10.5 Å². The molecule has 2 rings (SSSR count). The fourth-order valence-corrected chi connectivity index (χ4v) is 2.25. The first-order chi connectivity index (χ1) is 7.98. The van der Waals surface area contributed by atoms with E-state index in [2.05, 4.69) is 18.9 Å². The SMILES string of the molecule is Cc1cc(N)ccc1OC1(C)CCN(C)CC1. The molecule has 1 fully saturated rings. The van der Waals surface area contributed by atoms with Crippen LogP contribution in [0.2, 0.25) is 0 Å². The van der Waals surface area contributed by atoms with Crippen molar-refractivity contribution in [3.63, 3.8) is 0 Å². The molecule has 0 saturated carbocycles. The number of benzene rings is 1. The Balaban J connectivity index is 2.09. The Morgan fingerprint density at radius 2 is 1.94 bits per heavy atom. The fraction of sp³-hybridized carbons (Fsp3) is 0.571. The number of likely N-dealkylation sites (tertiary alicyclic amines) is 1. The zero-order valence-electron chi connectivity index (χ0n) is 11.0. The van der Waals surface area contributed by atoms with Gasteiger partial charge in [-0.2, -0.15) is 0 Å². The minimum atomic E-state index is -0.0343. The second kappa shape index (κ2) is 4.57. The van der Waals surface area contributed by atoms with Crippen LogP contribution >= 0.6 is 0 Å². The van der Waals surface area contributed by atoms with E-state index in [0.29, 0.717) is 0 Å². The quantitative estimate of drug-likeness (QED) is 0.799. The predicted octanol–water partition coefficient (Wildman–Crippen LogP) is 2.44. The van der Waals surface area contributed by atoms with E-state index in [1.54, 1.807) is 0 Å². The summed E-state index contributed by atoms with van der Waals surface area (Å²) in [6.07, 6.45) is 2.15. The highest BCUT2D eigenvalue weighted by Crippen LogP contribution is 2.30. The van der Waals surface area contributed by atoms with Crippen LogP contribution < -0.4 is 10.5 Å². The Kier molecular flexibility index (Phi) is 3.29. The number of nitrogens with two attached hydrogens (primary N) is 1. The number of hydrogen-bond donors (Lipinski definition) is 1. The maximum Gasteiger partial charge on any atom is 0.123 e. The van der Waals surface area contributed by atoms with Crippen molar-refractivity contribution in [2.24, 2.45) is 0 Å². The Morgan fingerprint density at radius 1 is 1.29 bits per heavy atom. The van der Waals surface area contributed by atoms with Gasteiger partial charge >= 0.3 is 0 Å². The maximum atomic E-state index is 6.19. The third kappa shape index (κ3) is 2.91. The highest BCUT2D eigenvalue weighted by Gasteiger charge is 2.31. The number of rotatable bonds is 2. The van der Waals surface area contributed by atoms with Crippen LogP contribution in [0.5, 0.6) is 5.75 Å². The smallest absolute Gasteiger partial charge is 0.123 e. The van der Waals surface area contributed by atoms with Gasteiger partial charge in [-0.05, 0) is 57.5 Å². The van der Waals surface area contributed by atoms with E-state index in [0.717, 1.165) is 42.9 Å². The summed E-state index contributed by atoms with van der Waals surface area (Å²) in [4.78, 5) is 2.35. The van der Waals surface area contributed by atoms with E-state index in [1.807, 2.05) is 25.1 Å². The van der Waals surface area contributed by atoms with Crippen LogP contribution in [0, 0.1) is 6.92 Å². The highest BCUT2D eigenvalue weighted by molar-refractivity contribution is 5.47. The van der Waals surface area contributed by atoms with Crippen LogP contribution in [0.3, 0.4) is 0 Å². The summed E-state index contributed by atoms with van der Waals surface area (Å²) in [5.41, 5.74) is 7.63. The standard InChI is InChI=1S/C14H22N2O/c1-11-10-12(15)4-5-13(11)17-14(2)6-8-16(3)9-7-14/h4-5,10H,6-9,15H2,1-3H3. The van der Waals surface area contributed by atoms with Crippen molar-refractivity contribution in [3.05, 3.63) is 23.8 Å². The Hall–Kier alpha value is -1.22. The molecular formula is C14H22N2O. The molecule has 3 heteroatoms. The maximum absolute atomic E-state index is 6.19. The molecule has 17 heavy (non-hydrogen) atoms. The molecule has 0 unspecified atom stereocenters. The molecule has 1 aromatic carbocycles. The van der Waals surface area contributed by atoms with Gasteiger partial charge in [-0.1, -0.05) is 0 Å². The van der Waals surface area contributed by atoms with E-state index in [1.165, 1.54) is 0 Å². The minimum absolute atomic E-state index is 0.0343. The van der Waals surface area contributed by atoms with Crippen LogP contribution in [-0.2, 0) is 0 Å². The minimum Gasteiger partial charge on any atom is -0.487 e. The van der Waals surface area contributed by atoms with E-state index >= 15 is 0 Å². The summed E-state index contributed by atoms with van der Waals surface area (Å²) >= 11 is 0. The van der Waals surface area contributed by atoms with Crippen molar-refractivity contribution in [1.29, 1.82) is 0 Å². The number of piperidine rings is 1. The third-order valence-electron chi connectivity index (χ3n) is 3.60. The molecule has 0 aromatic heterocycles. The Labute approximate surface area is 104 Å². The first-order valence-corrected chi connectivity index (χ1v) is 6.22. The summed E-state index contributed by atoms with van der Waals surface area (Å²) in [6.45, 7) is 6.45. The molecule has 0 spiro atoms. The van der Waals surface area contributed by atoms with Gasteiger partial charge in [0.15, 0.2) is 0 Å². The molecule has 0 aliphatic carbocycles. The number of aryl methyl sites for hydroxylation is 1. The molecule has 0 atom stereocenters. The zero-order valence-corrected chi connectivity index (χ0v) is 11.0. The van der Waals surface area contributed by atoms with Crippen molar-refractivity contribution >= 4 is 5.69 Å². The molecule has 1 heterocycles. The number of nitrogens with zero attached hydrogens (tertiary/aromatic N) is 1. The highest BCUT2D eigenvalue weighted by atomic mass is 16.5. The summed E-state index contributed by atoms with van der Waals surface area (Å²) in [6, 6.07) is 5.85. The monoisotopic (exact) mass is 234 g/mol. The van der Waals surface area contributed by atoms with E-state index in [9.17, 15) is 0 Å². The molecule has 1 aliphatic heterocycles. The lowest BCUT2D eigenvalue weighted by Gasteiger charge is -2.38. The Bertz CT molecular complexity index is 395. The van der Waals surface area contributed by atoms with Crippen LogP contribution in [0.15, 0.2) is 18.2 Å². The first kappa shape index (κ1) is 12.2. The van der Waals surface area contributed by atoms with Crippen LogP contribution in [0.1, 0.15) is 25.3 Å². The van der Waals surface area contributed by atoms with Gasteiger partial charge in [-0.25, -0.2) is 0 Å². The van der Waals surface area contributed by atoms with Crippen molar-refractivity contribution < 1.29 is 4.74 Å². The topological polar surface area (TPSA) is 38.5 Å². The number of hydrogen-bond acceptors (Lipinski definition) is 3. The van der Waals surface area contributed by atoms with Gasteiger partial charge in [-0.3, -0.25) is 0 Å². The molecule has 0 radical (unpaired) electrons. The molecule has 1 aromatic rings.